The van der Waals surface area contributed by atoms with Gasteiger partial charge in [-0.1, -0.05) is 12.1 Å². The molecule has 0 aliphatic carbocycles. The zero-order valence-corrected chi connectivity index (χ0v) is 14.2. The second kappa shape index (κ2) is 7.01. The first-order valence-corrected chi connectivity index (χ1v) is 8.20. The molecule has 0 saturated carbocycles. The van der Waals surface area contributed by atoms with Crippen LogP contribution >= 0.6 is 0 Å². The molecule has 1 aromatic carbocycles. The molecule has 2 heterocycles. The Kier molecular flexibility index (Phi) is 4.82. The summed E-state index contributed by atoms with van der Waals surface area (Å²) in [5.74, 6) is 2.06. The number of ether oxygens (including phenoxy) is 1. The first kappa shape index (κ1) is 15.8. The summed E-state index contributed by atoms with van der Waals surface area (Å²) in [6.45, 7) is 9.54. The average Bonchev–Trinajstić information content (AvgIpc) is 2.61. The standard InChI is InChI=1S/C19H25N3O/c1-15-16(2)18(23-3)8-7-17(15)14-21-10-12-22(13-11-21)19-6-4-5-9-20-19/h4-9H,10-14H2,1-3H3. The molecule has 1 aliphatic heterocycles. The summed E-state index contributed by atoms with van der Waals surface area (Å²) in [5.41, 5.74) is 3.99. The van der Waals surface area contributed by atoms with Crippen molar-refractivity contribution in [3.63, 3.8) is 0 Å². The summed E-state index contributed by atoms with van der Waals surface area (Å²) < 4.78 is 5.41. The molecular weight excluding hydrogens is 286 g/mol. The third-order valence-corrected chi connectivity index (χ3v) is 4.81. The Morgan fingerprint density at radius 1 is 1.00 bits per heavy atom. The van der Waals surface area contributed by atoms with Crippen LogP contribution in [0.2, 0.25) is 0 Å². The van der Waals surface area contributed by atoms with Gasteiger partial charge in [0.05, 0.1) is 7.11 Å². The van der Waals surface area contributed by atoms with E-state index in [-0.39, 0.29) is 0 Å². The summed E-state index contributed by atoms with van der Waals surface area (Å²) >= 11 is 0. The first-order valence-electron chi connectivity index (χ1n) is 8.20. The maximum atomic E-state index is 5.41. The second-order valence-corrected chi connectivity index (χ2v) is 6.13. The van der Waals surface area contributed by atoms with Gasteiger partial charge in [-0.05, 0) is 48.7 Å². The zero-order chi connectivity index (χ0) is 16.2. The highest BCUT2D eigenvalue weighted by Crippen LogP contribution is 2.25. The Labute approximate surface area is 138 Å². The number of rotatable bonds is 4. The summed E-state index contributed by atoms with van der Waals surface area (Å²) in [7, 11) is 1.73. The molecule has 0 bridgehead atoms. The lowest BCUT2D eigenvalue weighted by molar-refractivity contribution is 0.248. The van der Waals surface area contributed by atoms with Crippen LogP contribution in [0, 0.1) is 13.8 Å². The van der Waals surface area contributed by atoms with Gasteiger partial charge in [0.2, 0.25) is 0 Å². The fourth-order valence-corrected chi connectivity index (χ4v) is 3.16. The molecule has 0 amide bonds. The van der Waals surface area contributed by atoms with Crippen LogP contribution in [0.15, 0.2) is 36.5 Å². The molecule has 122 valence electrons. The van der Waals surface area contributed by atoms with Gasteiger partial charge in [0.15, 0.2) is 0 Å². The van der Waals surface area contributed by atoms with E-state index >= 15 is 0 Å². The predicted molar refractivity (Wildman–Crippen MR) is 94.2 cm³/mol. The molecule has 4 heteroatoms. The van der Waals surface area contributed by atoms with Crippen LogP contribution < -0.4 is 9.64 Å². The molecule has 0 unspecified atom stereocenters. The Hall–Kier alpha value is -2.07. The summed E-state index contributed by atoms with van der Waals surface area (Å²) in [4.78, 5) is 9.33. The van der Waals surface area contributed by atoms with Crippen molar-refractivity contribution in [1.29, 1.82) is 0 Å². The first-order chi connectivity index (χ1) is 11.2. The maximum Gasteiger partial charge on any atom is 0.128 e. The largest absolute Gasteiger partial charge is 0.496 e. The number of methoxy groups -OCH3 is 1. The molecular formula is C19H25N3O. The minimum Gasteiger partial charge on any atom is -0.496 e. The van der Waals surface area contributed by atoms with Crippen molar-refractivity contribution in [3.05, 3.63) is 53.2 Å². The predicted octanol–water partition coefficient (Wildman–Crippen LogP) is 3.03. The number of aromatic nitrogens is 1. The van der Waals surface area contributed by atoms with Crippen LogP contribution in [0.1, 0.15) is 16.7 Å². The summed E-state index contributed by atoms with van der Waals surface area (Å²) in [5, 5.41) is 0. The molecule has 1 aliphatic rings. The van der Waals surface area contributed by atoms with Gasteiger partial charge < -0.3 is 9.64 Å². The zero-order valence-electron chi connectivity index (χ0n) is 14.2. The highest BCUT2D eigenvalue weighted by molar-refractivity contribution is 5.43. The number of benzene rings is 1. The van der Waals surface area contributed by atoms with E-state index in [1.54, 1.807) is 7.11 Å². The number of nitrogens with zero attached hydrogens (tertiary/aromatic N) is 3. The number of hydrogen-bond acceptors (Lipinski definition) is 4. The second-order valence-electron chi connectivity index (χ2n) is 6.13. The lowest BCUT2D eigenvalue weighted by atomic mass is 10.0. The van der Waals surface area contributed by atoms with Gasteiger partial charge >= 0.3 is 0 Å². The van der Waals surface area contributed by atoms with E-state index < -0.39 is 0 Å². The number of pyridine rings is 1. The Morgan fingerprint density at radius 3 is 2.43 bits per heavy atom. The quantitative estimate of drug-likeness (QED) is 0.868. The Morgan fingerprint density at radius 2 is 1.78 bits per heavy atom. The Balaban J connectivity index is 1.62. The normalized spacial score (nSPS) is 15.7. The van der Waals surface area contributed by atoms with E-state index in [1.165, 1.54) is 16.7 Å². The van der Waals surface area contributed by atoms with Crippen LogP contribution in [0.3, 0.4) is 0 Å². The summed E-state index contributed by atoms with van der Waals surface area (Å²) in [6.07, 6.45) is 1.87. The van der Waals surface area contributed by atoms with Gasteiger partial charge in [0, 0.05) is 38.9 Å². The SMILES string of the molecule is COc1ccc(CN2CCN(c3ccccn3)CC2)c(C)c1C. The van der Waals surface area contributed by atoms with Gasteiger partial charge in [-0.15, -0.1) is 0 Å². The highest BCUT2D eigenvalue weighted by atomic mass is 16.5. The average molecular weight is 311 g/mol. The monoisotopic (exact) mass is 311 g/mol. The molecule has 4 nitrogen and oxygen atoms in total. The van der Waals surface area contributed by atoms with Crippen LogP contribution in [0.25, 0.3) is 0 Å². The lowest BCUT2D eigenvalue weighted by Crippen LogP contribution is -2.46. The minimum atomic E-state index is 0.978. The van der Waals surface area contributed by atoms with Gasteiger partial charge in [-0.25, -0.2) is 4.98 Å². The molecule has 2 aromatic rings. The maximum absolute atomic E-state index is 5.41. The number of anilines is 1. The number of hydrogen-bond donors (Lipinski definition) is 0. The fraction of sp³-hybridized carbons (Fsp3) is 0.421. The van der Waals surface area contributed by atoms with Crippen LogP contribution in [0.4, 0.5) is 5.82 Å². The van der Waals surface area contributed by atoms with Gasteiger partial charge in [0.25, 0.3) is 0 Å². The number of piperazine rings is 1. The molecule has 1 aromatic heterocycles. The molecule has 1 fully saturated rings. The van der Waals surface area contributed by atoms with Crippen molar-refractivity contribution in [2.24, 2.45) is 0 Å². The molecule has 23 heavy (non-hydrogen) atoms. The van der Waals surface area contributed by atoms with E-state index in [4.69, 9.17) is 4.74 Å². The topological polar surface area (TPSA) is 28.6 Å². The van der Waals surface area contributed by atoms with E-state index in [2.05, 4.69) is 52.9 Å². The minimum absolute atomic E-state index is 0.978. The third-order valence-electron chi connectivity index (χ3n) is 4.81. The molecule has 0 N–H and O–H groups in total. The van der Waals surface area contributed by atoms with Crippen molar-refractivity contribution < 1.29 is 4.74 Å². The molecule has 3 rings (SSSR count). The van der Waals surface area contributed by atoms with Crippen molar-refractivity contribution in [2.75, 3.05) is 38.2 Å². The van der Waals surface area contributed by atoms with E-state index in [9.17, 15) is 0 Å². The van der Waals surface area contributed by atoms with Crippen molar-refractivity contribution in [1.82, 2.24) is 9.88 Å². The Bertz CT molecular complexity index is 649. The lowest BCUT2D eigenvalue weighted by Gasteiger charge is -2.35. The van der Waals surface area contributed by atoms with Crippen molar-refractivity contribution in [3.8, 4) is 5.75 Å². The van der Waals surface area contributed by atoms with E-state index in [1.807, 2.05) is 12.3 Å². The van der Waals surface area contributed by atoms with Crippen LogP contribution in [0.5, 0.6) is 5.75 Å². The molecule has 0 spiro atoms. The van der Waals surface area contributed by atoms with Crippen LogP contribution in [-0.2, 0) is 6.54 Å². The van der Waals surface area contributed by atoms with Crippen molar-refractivity contribution in [2.45, 2.75) is 20.4 Å². The summed E-state index contributed by atoms with van der Waals surface area (Å²) in [6, 6.07) is 10.4. The van der Waals surface area contributed by atoms with E-state index in [0.29, 0.717) is 0 Å². The van der Waals surface area contributed by atoms with Gasteiger partial charge in [-0.2, -0.15) is 0 Å². The van der Waals surface area contributed by atoms with Gasteiger partial charge in [-0.3, -0.25) is 4.90 Å². The smallest absolute Gasteiger partial charge is 0.128 e. The van der Waals surface area contributed by atoms with Crippen LogP contribution in [-0.4, -0.2) is 43.2 Å². The molecule has 0 atom stereocenters. The third kappa shape index (κ3) is 3.48. The van der Waals surface area contributed by atoms with Crippen molar-refractivity contribution >= 4 is 5.82 Å². The highest BCUT2D eigenvalue weighted by Gasteiger charge is 2.19. The molecule has 0 radical (unpaired) electrons. The van der Waals surface area contributed by atoms with Gasteiger partial charge in [0.1, 0.15) is 11.6 Å². The molecule has 1 saturated heterocycles. The van der Waals surface area contributed by atoms with E-state index in [0.717, 1.165) is 44.3 Å². The fourth-order valence-electron chi connectivity index (χ4n) is 3.16.